The molecule has 2 aromatic rings. The maximum absolute atomic E-state index is 5.56. The van der Waals surface area contributed by atoms with Crippen LogP contribution in [0.2, 0.25) is 0 Å². The highest BCUT2D eigenvalue weighted by atomic mass is 32.1. The van der Waals surface area contributed by atoms with E-state index in [1.807, 2.05) is 30.3 Å². The van der Waals surface area contributed by atoms with Crippen LogP contribution in [-0.4, -0.2) is 21.1 Å². The molecule has 0 amide bonds. The van der Waals surface area contributed by atoms with Crippen LogP contribution in [0.3, 0.4) is 0 Å². The first-order valence-electron chi connectivity index (χ1n) is 4.54. The number of aromatic amines is 1. The van der Waals surface area contributed by atoms with Crippen molar-refractivity contribution in [1.29, 1.82) is 0 Å². The van der Waals surface area contributed by atoms with Crippen molar-refractivity contribution in [2.24, 2.45) is 5.10 Å². The van der Waals surface area contributed by atoms with Crippen molar-refractivity contribution < 1.29 is 0 Å². The minimum Gasteiger partial charge on any atom is -0.334 e. The zero-order valence-corrected chi connectivity index (χ0v) is 9.11. The van der Waals surface area contributed by atoms with Crippen LogP contribution < -0.4 is 11.3 Å². The number of hydrazone groups is 1. The topological polar surface area (TPSA) is 84.0 Å². The molecule has 16 heavy (non-hydrogen) atoms. The molecule has 0 bridgehead atoms. The molecule has 7 heteroatoms. The maximum Gasteiger partial charge on any atom is 0.262 e. The molecular weight excluding hydrogens is 224 g/mol. The second kappa shape index (κ2) is 4.58. The van der Waals surface area contributed by atoms with E-state index >= 15 is 0 Å². The van der Waals surface area contributed by atoms with Crippen molar-refractivity contribution in [2.75, 3.05) is 11.3 Å². The number of benzene rings is 1. The molecular formula is C9H10N6S. The van der Waals surface area contributed by atoms with Crippen molar-refractivity contribution in [2.45, 2.75) is 0 Å². The molecule has 0 saturated carbocycles. The fourth-order valence-electron chi connectivity index (χ4n) is 1.09. The Balaban J connectivity index is 2.06. The first-order valence-corrected chi connectivity index (χ1v) is 4.95. The normalized spacial score (nSPS) is 10.8. The van der Waals surface area contributed by atoms with Gasteiger partial charge in [0.05, 0.1) is 6.21 Å². The molecule has 0 atom stereocenters. The molecule has 0 radical (unpaired) electrons. The Morgan fingerprint density at radius 1 is 1.44 bits per heavy atom. The number of hydrogen-bond acceptors (Lipinski definition) is 5. The van der Waals surface area contributed by atoms with Gasteiger partial charge in [-0.3, -0.25) is 0 Å². The van der Waals surface area contributed by atoms with Gasteiger partial charge in [0, 0.05) is 0 Å². The Bertz CT molecular complexity index is 541. The molecule has 1 aromatic heterocycles. The summed E-state index contributed by atoms with van der Waals surface area (Å²) in [5.41, 5.74) is 3.66. The summed E-state index contributed by atoms with van der Waals surface area (Å²) in [6, 6.07) is 9.67. The smallest absolute Gasteiger partial charge is 0.262 e. The number of nitrogen functional groups attached to an aromatic ring is 1. The summed E-state index contributed by atoms with van der Waals surface area (Å²) in [5, 5.41) is 10.4. The molecule has 0 spiro atoms. The lowest BCUT2D eigenvalue weighted by atomic mass is 10.2. The van der Waals surface area contributed by atoms with Crippen LogP contribution in [0.15, 0.2) is 35.4 Å². The van der Waals surface area contributed by atoms with E-state index in [2.05, 4.69) is 20.7 Å². The summed E-state index contributed by atoms with van der Waals surface area (Å²) in [6.07, 6.45) is 1.66. The van der Waals surface area contributed by atoms with Crippen LogP contribution in [-0.2, 0) is 0 Å². The predicted octanol–water partition coefficient (Wildman–Crippen LogP) is 1.10. The van der Waals surface area contributed by atoms with Crippen molar-refractivity contribution in [3.8, 4) is 0 Å². The Kier molecular flexibility index (Phi) is 2.97. The van der Waals surface area contributed by atoms with Crippen LogP contribution in [0.1, 0.15) is 5.56 Å². The first-order chi connectivity index (χ1) is 7.77. The molecule has 82 valence electrons. The fourth-order valence-corrected chi connectivity index (χ4v) is 1.22. The minimum atomic E-state index is 0.331. The molecule has 0 aliphatic rings. The summed E-state index contributed by atoms with van der Waals surface area (Å²) in [7, 11) is 0. The van der Waals surface area contributed by atoms with Crippen LogP contribution in [0.5, 0.6) is 0 Å². The molecule has 0 aliphatic carbocycles. The van der Waals surface area contributed by atoms with Crippen molar-refractivity contribution in [1.82, 2.24) is 14.9 Å². The van der Waals surface area contributed by atoms with E-state index in [1.54, 1.807) is 6.21 Å². The molecule has 0 saturated heterocycles. The third kappa shape index (κ3) is 2.26. The second-order valence-corrected chi connectivity index (χ2v) is 3.39. The number of aromatic nitrogens is 3. The molecule has 0 aliphatic heterocycles. The van der Waals surface area contributed by atoms with Crippen LogP contribution >= 0.6 is 12.2 Å². The number of nitrogens with one attached hydrogen (secondary N) is 2. The zero-order valence-electron chi connectivity index (χ0n) is 8.29. The average molecular weight is 234 g/mol. The molecule has 0 fully saturated rings. The molecule has 1 heterocycles. The Hall–Kier alpha value is -2.15. The van der Waals surface area contributed by atoms with Gasteiger partial charge in [-0.2, -0.15) is 9.78 Å². The summed E-state index contributed by atoms with van der Waals surface area (Å²) in [5.74, 6) is 5.92. The summed E-state index contributed by atoms with van der Waals surface area (Å²) < 4.78 is 1.54. The van der Waals surface area contributed by atoms with Crippen LogP contribution in [0.25, 0.3) is 0 Å². The van der Waals surface area contributed by atoms with Gasteiger partial charge in [-0.25, -0.2) is 10.5 Å². The number of hydrogen-bond donors (Lipinski definition) is 3. The van der Waals surface area contributed by atoms with E-state index in [0.29, 0.717) is 10.7 Å². The van der Waals surface area contributed by atoms with Gasteiger partial charge >= 0.3 is 0 Å². The number of nitrogens with two attached hydrogens (primary N) is 1. The third-order valence-corrected chi connectivity index (χ3v) is 2.17. The van der Waals surface area contributed by atoms with Gasteiger partial charge in [0.25, 0.3) is 5.95 Å². The van der Waals surface area contributed by atoms with E-state index in [4.69, 9.17) is 18.1 Å². The van der Waals surface area contributed by atoms with Crippen molar-refractivity contribution >= 4 is 24.4 Å². The monoisotopic (exact) mass is 234 g/mol. The number of nitrogens with zero attached hydrogens (tertiary/aromatic N) is 3. The predicted molar refractivity (Wildman–Crippen MR) is 65.2 cm³/mol. The average Bonchev–Trinajstić information content (AvgIpc) is 2.62. The van der Waals surface area contributed by atoms with Crippen molar-refractivity contribution in [3.05, 3.63) is 40.7 Å². The largest absolute Gasteiger partial charge is 0.334 e. The molecule has 2 rings (SSSR count). The zero-order chi connectivity index (χ0) is 11.4. The van der Waals surface area contributed by atoms with E-state index in [-0.39, 0.29) is 0 Å². The van der Waals surface area contributed by atoms with Gasteiger partial charge in [0.1, 0.15) is 0 Å². The van der Waals surface area contributed by atoms with E-state index in [0.717, 1.165) is 5.56 Å². The summed E-state index contributed by atoms with van der Waals surface area (Å²) >= 11 is 4.85. The van der Waals surface area contributed by atoms with Gasteiger partial charge in [0.15, 0.2) is 0 Å². The second-order valence-electron chi connectivity index (χ2n) is 3.00. The highest BCUT2D eigenvalue weighted by molar-refractivity contribution is 7.71. The maximum atomic E-state index is 5.56. The van der Waals surface area contributed by atoms with Crippen LogP contribution in [0, 0.1) is 4.77 Å². The summed E-state index contributed by atoms with van der Waals surface area (Å²) in [4.78, 5) is 0. The van der Waals surface area contributed by atoms with Crippen molar-refractivity contribution in [3.63, 3.8) is 0 Å². The van der Waals surface area contributed by atoms with Gasteiger partial charge < -0.3 is 5.84 Å². The SMILES string of the molecule is Nn1c(NN=Cc2ccccc2)n[nH]c1=S. The van der Waals surface area contributed by atoms with Gasteiger partial charge in [-0.15, -0.1) is 5.10 Å². The van der Waals surface area contributed by atoms with E-state index in [9.17, 15) is 0 Å². The molecule has 4 N–H and O–H groups in total. The minimum absolute atomic E-state index is 0.331. The Morgan fingerprint density at radius 2 is 2.19 bits per heavy atom. The molecule has 6 nitrogen and oxygen atoms in total. The standard InChI is InChI=1S/C9H10N6S/c10-15-8(13-14-9(15)16)12-11-6-7-4-2-1-3-5-7/h1-6H,10H2,(H,12,13)(H,14,16). The highest BCUT2D eigenvalue weighted by Crippen LogP contribution is 1.99. The van der Waals surface area contributed by atoms with Gasteiger partial charge in [-0.1, -0.05) is 30.3 Å². The number of anilines is 1. The van der Waals surface area contributed by atoms with E-state index in [1.165, 1.54) is 4.68 Å². The Labute approximate surface area is 96.8 Å². The number of H-pyrrole nitrogens is 1. The highest BCUT2D eigenvalue weighted by Gasteiger charge is 1.98. The first kappa shape index (κ1) is 10.4. The summed E-state index contributed by atoms with van der Waals surface area (Å²) in [6.45, 7) is 0. The lowest BCUT2D eigenvalue weighted by Gasteiger charge is -1.97. The van der Waals surface area contributed by atoms with E-state index < -0.39 is 0 Å². The number of rotatable bonds is 3. The lowest BCUT2D eigenvalue weighted by Crippen LogP contribution is -2.11. The molecule has 1 aromatic carbocycles. The molecule has 0 unspecified atom stereocenters. The van der Waals surface area contributed by atoms with Crippen LogP contribution in [0.4, 0.5) is 5.95 Å². The van der Waals surface area contributed by atoms with Gasteiger partial charge in [0.2, 0.25) is 4.77 Å². The lowest BCUT2D eigenvalue weighted by molar-refractivity contribution is 0.971. The fraction of sp³-hybridized carbons (Fsp3) is 0. The van der Waals surface area contributed by atoms with Gasteiger partial charge in [-0.05, 0) is 17.8 Å². The Morgan fingerprint density at radius 3 is 2.81 bits per heavy atom. The quantitative estimate of drug-likeness (QED) is 0.321. The third-order valence-electron chi connectivity index (χ3n) is 1.88.